The molecule has 0 saturated heterocycles. The van der Waals surface area contributed by atoms with Gasteiger partial charge in [0.2, 0.25) is 0 Å². The average Bonchev–Trinajstić information content (AvgIpc) is 1.95. The standard InChI is InChI=1S/C7H6F3IN2O/c1-3-2-4(11)13-6(12)5(3)14-7(8,9)10/h2H,1H3,(H2,12,13). The fraction of sp³-hybridized carbons (Fsp3) is 0.286. The Labute approximate surface area is 91.6 Å². The third-order valence-corrected chi connectivity index (χ3v) is 1.92. The maximum absolute atomic E-state index is 11.9. The quantitative estimate of drug-likeness (QED) is 0.639. The highest BCUT2D eigenvalue weighted by atomic mass is 127. The molecule has 0 bridgehead atoms. The Morgan fingerprint density at radius 2 is 2.07 bits per heavy atom. The lowest BCUT2D eigenvalue weighted by Crippen LogP contribution is -2.19. The molecule has 0 radical (unpaired) electrons. The van der Waals surface area contributed by atoms with Crippen molar-refractivity contribution < 1.29 is 17.9 Å². The molecule has 78 valence electrons. The highest BCUT2D eigenvalue weighted by Gasteiger charge is 2.33. The van der Waals surface area contributed by atoms with Crippen molar-refractivity contribution in [1.29, 1.82) is 0 Å². The van der Waals surface area contributed by atoms with Crippen LogP contribution in [0.15, 0.2) is 6.07 Å². The number of ether oxygens (including phenoxy) is 1. The molecule has 1 rings (SSSR count). The van der Waals surface area contributed by atoms with Crippen molar-refractivity contribution in [2.75, 3.05) is 5.73 Å². The van der Waals surface area contributed by atoms with Gasteiger partial charge in [0.1, 0.15) is 3.70 Å². The summed E-state index contributed by atoms with van der Waals surface area (Å²) < 4.78 is 39.9. The number of halogens is 4. The summed E-state index contributed by atoms with van der Waals surface area (Å²) in [5, 5.41) is 0. The first kappa shape index (κ1) is 11.3. The third kappa shape index (κ3) is 2.89. The second-order valence-electron chi connectivity index (χ2n) is 2.52. The maximum Gasteiger partial charge on any atom is 0.573 e. The summed E-state index contributed by atoms with van der Waals surface area (Å²) in [5.74, 6) is -0.690. The summed E-state index contributed by atoms with van der Waals surface area (Å²) >= 11 is 1.86. The molecule has 0 amide bonds. The van der Waals surface area contributed by atoms with Gasteiger partial charge in [-0.25, -0.2) is 4.98 Å². The summed E-state index contributed by atoms with van der Waals surface area (Å²) in [5.41, 5.74) is 5.59. The van der Waals surface area contributed by atoms with Crippen LogP contribution in [0.25, 0.3) is 0 Å². The van der Waals surface area contributed by atoms with Gasteiger partial charge in [0.05, 0.1) is 0 Å². The zero-order chi connectivity index (χ0) is 10.9. The lowest BCUT2D eigenvalue weighted by molar-refractivity contribution is -0.274. The molecule has 0 aliphatic heterocycles. The number of alkyl halides is 3. The Morgan fingerprint density at radius 3 is 2.50 bits per heavy atom. The van der Waals surface area contributed by atoms with E-state index in [1.54, 1.807) is 0 Å². The van der Waals surface area contributed by atoms with Gasteiger partial charge in [0.25, 0.3) is 0 Å². The van der Waals surface area contributed by atoms with Crippen LogP contribution in [0.3, 0.4) is 0 Å². The zero-order valence-corrected chi connectivity index (χ0v) is 9.18. The van der Waals surface area contributed by atoms with Gasteiger partial charge in [0, 0.05) is 0 Å². The summed E-state index contributed by atoms with van der Waals surface area (Å²) in [6.07, 6.45) is -4.74. The highest BCUT2D eigenvalue weighted by molar-refractivity contribution is 14.1. The molecule has 2 N–H and O–H groups in total. The molecule has 14 heavy (non-hydrogen) atoms. The predicted molar refractivity (Wildman–Crippen MR) is 52.8 cm³/mol. The number of pyridine rings is 1. The first-order valence-electron chi connectivity index (χ1n) is 3.48. The average molecular weight is 318 g/mol. The van der Waals surface area contributed by atoms with E-state index in [1.165, 1.54) is 13.0 Å². The number of nitrogens with two attached hydrogens (primary N) is 1. The van der Waals surface area contributed by atoms with E-state index < -0.39 is 12.1 Å². The van der Waals surface area contributed by atoms with E-state index in [1.807, 2.05) is 22.6 Å². The van der Waals surface area contributed by atoms with E-state index in [0.717, 1.165) is 0 Å². The Balaban J connectivity index is 3.09. The highest BCUT2D eigenvalue weighted by Crippen LogP contribution is 2.30. The fourth-order valence-electron chi connectivity index (χ4n) is 0.893. The van der Waals surface area contributed by atoms with Crippen LogP contribution in [-0.2, 0) is 0 Å². The molecule has 0 saturated carbocycles. The summed E-state index contributed by atoms with van der Waals surface area (Å²) in [7, 11) is 0. The van der Waals surface area contributed by atoms with Gasteiger partial charge in [-0.15, -0.1) is 13.2 Å². The van der Waals surface area contributed by atoms with Crippen LogP contribution in [0, 0.1) is 10.6 Å². The van der Waals surface area contributed by atoms with Crippen molar-refractivity contribution in [3.8, 4) is 5.75 Å². The molecule has 0 atom stereocenters. The number of nitrogens with zero attached hydrogens (tertiary/aromatic N) is 1. The second-order valence-corrected chi connectivity index (χ2v) is 3.63. The van der Waals surface area contributed by atoms with E-state index >= 15 is 0 Å². The van der Waals surface area contributed by atoms with Crippen molar-refractivity contribution >= 4 is 28.4 Å². The van der Waals surface area contributed by atoms with Gasteiger partial charge in [0.15, 0.2) is 11.6 Å². The molecule has 1 aromatic heterocycles. The van der Waals surface area contributed by atoms with Crippen LogP contribution in [0.2, 0.25) is 0 Å². The minimum absolute atomic E-state index is 0.258. The van der Waals surface area contributed by atoms with Crippen LogP contribution in [0.4, 0.5) is 19.0 Å². The molecule has 0 aliphatic rings. The maximum atomic E-state index is 11.9. The van der Waals surface area contributed by atoms with Gasteiger partial charge in [-0.05, 0) is 41.1 Å². The van der Waals surface area contributed by atoms with Crippen molar-refractivity contribution in [3.63, 3.8) is 0 Å². The third-order valence-electron chi connectivity index (χ3n) is 1.37. The van der Waals surface area contributed by atoms with E-state index in [0.29, 0.717) is 9.26 Å². The summed E-state index contributed by atoms with van der Waals surface area (Å²) in [6.45, 7) is 1.47. The van der Waals surface area contributed by atoms with Crippen molar-refractivity contribution in [2.24, 2.45) is 0 Å². The number of hydrogen-bond donors (Lipinski definition) is 1. The van der Waals surface area contributed by atoms with Gasteiger partial charge < -0.3 is 10.5 Å². The van der Waals surface area contributed by atoms with Crippen LogP contribution in [0.5, 0.6) is 5.75 Å². The number of aryl methyl sites for hydroxylation is 1. The Kier molecular flexibility index (Phi) is 3.07. The van der Waals surface area contributed by atoms with Crippen molar-refractivity contribution in [2.45, 2.75) is 13.3 Å². The molecule has 0 aliphatic carbocycles. The number of hydrogen-bond acceptors (Lipinski definition) is 3. The normalized spacial score (nSPS) is 11.5. The molecular formula is C7H6F3IN2O. The number of rotatable bonds is 1. The van der Waals surface area contributed by atoms with Crippen LogP contribution in [-0.4, -0.2) is 11.3 Å². The van der Waals surface area contributed by atoms with Crippen molar-refractivity contribution in [3.05, 3.63) is 15.3 Å². The molecule has 0 aromatic carbocycles. The van der Waals surface area contributed by atoms with E-state index in [4.69, 9.17) is 5.73 Å². The van der Waals surface area contributed by atoms with E-state index in [-0.39, 0.29) is 5.82 Å². The topological polar surface area (TPSA) is 48.1 Å². The summed E-state index contributed by atoms with van der Waals surface area (Å²) in [4.78, 5) is 3.66. The van der Waals surface area contributed by atoms with Gasteiger partial charge >= 0.3 is 6.36 Å². The number of aromatic nitrogens is 1. The van der Waals surface area contributed by atoms with Gasteiger partial charge in [-0.2, -0.15) is 0 Å². The number of anilines is 1. The molecule has 3 nitrogen and oxygen atoms in total. The lowest BCUT2D eigenvalue weighted by Gasteiger charge is -2.12. The predicted octanol–water partition coefficient (Wildman–Crippen LogP) is 2.48. The minimum Gasteiger partial charge on any atom is -0.402 e. The largest absolute Gasteiger partial charge is 0.573 e. The molecule has 1 heterocycles. The van der Waals surface area contributed by atoms with Crippen LogP contribution >= 0.6 is 22.6 Å². The van der Waals surface area contributed by atoms with E-state index in [9.17, 15) is 13.2 Å². The first-order chi connectivity index (χ1) is 6.29. The van der Waals surface area contributed by atoms with Gasteiger partial charge in [-0.3, -0.25) is 0 Å². The molecule has 1 aromatic rings. The molecule has 7 heteroatoms. The number of nitrogen functional groups attached to an aromatic ring is 1. The lowest BCUT2D eigenvalue weighted by atomic mass is 10.3. The smallest absolute Gasteiger partial charge is 0.402 e. The molecule has 0 spiro atoms. The Bertz CT molecular complexity index is 330. The fourth-order valence-corrected chi connectivity index (χ4v) is 1.62. The van der Waals surface area contributed by atoms with Crippen LogP contribution < -0.4 is 10.5 Å². The Morgan fingerprint density at radius 1 is 1.50 bits per heavy atom. The zero-order valence-electron chi connectivity index (χ0n) is 7.02. The van der Waals surface area contributed by atoms with Crippen molar-refractivity contribution in [1.82, 2.24) is 4.98 Å². The monoisotopic (exact) mass is 318 g/mol. The minimum atomic E-state index is -4.74. The second kappa shape index (κ2) is 3.79. The van der Waals surface area contributed by atoms with Gasteiger partial charge in [-0.1, -0.05) is 0 Å². The van der Waals surface area contributed by atoms with E-state index in [2.05, 4.69) is 9.72 Å². The molecule has 0 unspecified atom stereocenters. The molecular weight excluding hydrogens is 312 g/mol. The van der Waals surface area contributed by atoms with Crippen LogP contribution in [0.1, 0.15) is 5.56 Å². The Hall–Kier alpha value is -0.730. The SMILES string of the molecule is Cc1cc(I)nc(N)c1OC(F)(F)F. The first-order valence-corrected chi connectivity index (χ1v) is 4.56. The summed E-state index contributed by atoms with van der Waals surface area (Å²) in [6, 6.07) is 1.46. The molecule has 0 fully saturated rings.